The van der Waals surface area contributed by atoms with Gasteiger partial charge in [-0.25, -0.2) is 4.98 Å². The van der Waals surface area contributed by atoms with Gasteiger partial charge in [-0.15, -0.1) is 0 Å². The van der Waals surface area contributed by atoms with Crippen LogP contribution in [0.2, 0.25) is 0 Å². The second-order valence-corrected chi connectivity index (χ2v) is 5.91. The number of nitrogens with zero attached hydrogens (tertiary/aromatic N) is 2. The van der Waals surface area contributed by atoms with Crippen molar-refractivity contribution in [3.8, 4) is 0 Å². The minimum Gasteiger partial charge on any atom is -0.465 e. The van der Waals surface area contributed by atoms with Crippen LogP contribution in [0.15, 0.2) is 11.0 Å². The van der Waals surface area contributed by atoms with Crippen molar-refractivity contribution in [1.29, 1.82) is 0 Å². The number of halogens is 1. The SMILES string of the molecule is CC(=O)OCCC(=O)O[C@@H]1CO[C@@H](n2cc(F)nc(C(N)=O)c2=O)[C@@H]1OC(C)=O. The van der Waals surface area contributed by atoms with Crippen molar-refractivity contribution in [3.05, 3.63) is 28.2 Å². The first kappa shape index (κ1) is 21.9. The number of ether oxygens (including phenoxy) is 4. The van der Waals surface area contributed by atoms with Gasteiger partial charge in [-0.1, -0.05) is 0 Å². The van der Waals surface area contributed by atoms with Crippen LogP contribution in [0.5, 0.6) is 0 Å². The third kappa shape index (κ3) is 5.57. The average Bonchev–Trinajstić information content (AvgIpc) is 2.97. The smallest absolute Gasteiger partial charge is 0.309 e. The molecule has 0 radical (unpaired) electrons. The van der Waals surface area contributed by atoms with Crippen molar-refractivity contribution in [3.63, 3.8) is 0 Å². The molecule has 0 bridgehead atoms. The minimum atomic E-state index is -1.41. The predicted molar refractivity (Wildman–Crippen MR) is 88.6 cm³/mol. The van der Waals surface area contributed by atoms with E-state index in [1.165, 1.54) is 6.92 Å². The number of carbonyl (C=O) groups is 4. The number of amides is 1. The molecule has 0 saturated carbocycles. The van der Waals surface area contributed by atoms with Crippen LogP contribution in [0.25, 0.3) is 0 Å². The number of aromatic nitrogens is 2. The van der Waals surface area contributed by atoms with Crippen molar-refractivity contribution in [2.24, 2.45) is 5.73 Å². The van der Waals surface area contributed by atoms with Gasteiger partial charge in [0, 0.05) is 13.8 Å². The maximum atomic E-state index is 13.8. The molecule has 1 aromatic heterocycles. The molecule has 2 heterocycles. The average molecular weight is 415 g/mol. The predicted octanol–water partition coefficient (Wildman–Crippen LogP) is -1.19. The van der Waals surface area contributed by atoms with Crippen LogP contribution in [0, 0.1) is 5.95 Å². The molecule has 1 amide bonds. The fourth-order valence-electron chi connectivity index (χ4n) is 2.57. The molecule has 1 aromatic rings. The highest BCUT2D eigenvalue weighted by atomic mass is 19.1. The normalized spacial score (nSPS) is 20.7. The summed E-state index contributed by atoms with van der Waals surface area (Å²) in [6.45, 7) is 1.72. The Morgan fingerprint density at radius 1 is 1.28 bits per heavy atom. The van der Waals surface area contributed by atoms with E-state index >= 15 is 0 Å². The van der Waals surface area contributed by atoms with Crippen molar-refractivity contribution >= 4 is 23.8 Å². The van der Waals surface area contributed by atoms with Gasteiger partial charge in [-0.3, -0.25) is 28.5 Å². The van der Waals surface area contributed by atoms with Gasteiger partial charge in [0.1, 0.15) is 6.61 Å². The van der Waals surface area contributed by atoms with Gasteiger partial charge in [0.25, 0.3) is 11.5 Å². The van der Waals surface area contributed by atoms with Crippen LogP contribution in [0.4, 0.5) is 4.39 Å². The van der Waals surface area contributed by atoms with E-state index in [1.54, 1.807) is 0 Å². The molecule has 1 aliphatic heterocycles. The van der Waals surface area contributed by atoms with Crippen molar-refractivity contribution in [2.75, 3.05) is 13.2 Å². The summed E-state index contributed by atoms with van der Waals surface area (Å²) in [4.78, 5) is 60.9. The Hall–Kier alpha value is -3.35. The first-order chi connectivity index (χ1) is 13.6. The number of rotatable bonds is 7. The van der Waals surface area contributed by atoms with E-state index in [0.717, 1.165) is 6.92 Å². The summed E-state index contributed by atoms with van der Waals surface area (Å²) in [5.74, 6) is -4.62. The second-order valence-electron chi connectivity index (χ2n) is 5.91. The van der Waals surface area contributed by atoms with Crippen molar-refractivity contribution < 1.29 is 42.5 Å². The van der Waals surface area contributed by atoms with Gasteiger partial charge in [-0.2, -0.15) is 4.39 Å². The Morgan fingerprint density at radius 3 is 2.55 bits per heavy atom. The Bertz CT molecular complexity index is 885. The molecule has 12 nitrogen and oxygen atoms in total. The molecule has 0 unspecified atom stereocenters. The number of carbonyl (C=O) groups excluding carboxylic acids is 4. The highest BCUT2D eigenvalue weighted by Gasteiger charge is 2.44. The molecule has 158 valence electrons. The van der Waals surface area contributed by atoms with Crippen LogP contribution in [-0.2, 0) is 33.3 Å². The summed E-state index contributed by atoms with van der Waals surface area (Å²) in [5.41, 5.74) is 3.06. The Balaban J connectivity index is 2.25. The van der Waals surface area contributed by atoms with E-state index in [-0.39, 0.29) is 19.6 Å². The van der Waals surface area contributed by atoms with E-state index in [2.05, 4.69) is 9.72 Å². The van der Waals surface area contributed by atoms with Crippen LogP contribution in [-0.4, -0.2) is 58.8 Å². The maximum absolute atomic E-state index is 13.8. The second kappa shape index (κ2) is 9.23. The molecule has 3 atom stereocenters. The lowest BCUT2D eigenvalue weighted by Crippen LogP contribution is -2.41. The van der Waals surface area contributed by atoms with Gasteiger partial charge in [-0.05, 0) is 0 Å². The molecule has 0 aliphatic carbocycles. The summed E-state index contributed by atoms with van der Waals surface area (Å²) in [5, 5.41) is 0. The summed E-state index contributed by atoms with van der Waals surface area (Å²) >= 11 is 0. The number of nitrogens with two attached hydrogens (primary N) is 1. The number of primary amides is 1. The van der Waals surface area contributed by atoms with E-state index < -0.39 is 59.5 Å². The third-order valence-corrected chi connectivity index (χ3v) is 3.68. The molecular formula is C16H18FN3O9. The zero-order valence-corrected chi connectivity index (χ0v) is 15.5. The Kier molecular flexibility index (Phi) is 6.98. The molecule has 0 spiro atoms. The largest absolute Gasteiger partial charge is 0.465 e. The Morgan fingerprint density at radius 2 is 1.97 bits per heavy atom. The van der Waals surface area contributed by atoms with E-state index in [4.69, 9.17) is 19.9 Å². The third-order valence-electron chi connectivity index (χ3n) is 3.68. The fraction of sp³-hybridized carbons (Fsp3) is 0.500. The number of hydrogen-bond acceptors (Lipinski definition) is 10. The molecule has 1 aliphatic rings. The highest BCUT2D eigenvalue weighted by molar-refractivity contribution is 5.90. The van der Waals surface area contributed by atoms with E-state index in [0.29, 0.717) is 10.8 Å². The zero-order valence-electron chi connectivity index (χ0n) is 15.5. The lowest BCUT2D eigenvalue weighted by Gasteiger charge is -2.23. The summed E-state index contributed by atoms with van der Waals surface area (Å²) in [6, 6.07) is 0. The van der Waals surface area contributed by atoms with Crippen molar-refractivity contribution in [1.82, 2.24) is 9.55 Å². The fourth-order valence-corrected chi connectivity index (χ4v) is 2.57. The molecule has 13 heteroatoms. The lowest BCUT2D eigenvalue weighted by molar-refractivity contribution is -0.167. The van der Waals surface area contributed by atoms with Crippen LogP contribution >= 0.6 is 0 Å². The van der Waals surface area contributed by atoms with Crippen LogP contribution in [0.1, 0.15) is 37.0 Å². The molecular weight excluding hydrogens is 397 g/mol. The molecule has 2 rings (SSSR count). The van der Waals surface area contributed by atoms with Gasteiger partial charge in [0.2, 0.25) is 5.95 Å². The van der Waals surface area contributed by atoms with Crippen LogP contribution in [0.3, 0.4) is 0 Å². The molecule has 1 fully saturated rings. The standard InChI is InChI=1S/C16H18FN3O9/c1-7(21)26-4-3-11(23)29-9-6-27-16(13(9)28-8(2)22)20-5-10(17)19-12(14(18)24)15(20)25/h5,9,13,16H,3-4,6H2,1-2H3,(H2,18,24)/t9-,13-,16-/m1/s1. The minimum absolute atomic E-state index is 0.222. The van der Waals surface area contributed by atoms with Gasteiger partial charge in [0.05, 0.1) is 19.2 Å². The first-order valence-corrected chi connectivity index (χ1v) is 8.30. The first-order valence-electron chi connectivity index (χ1n) is 8.30. The monoisotopic (exact) mass is 415 g/mol. The van der Waals surface area contributed by atoms with E-state index in [9.17, 15) is 28.4 Å². The number of esters is 3. The van der Waals surface area contributed by atoms with Crippen LogP contribution < -0.4 is 11.3 Å². The summed E-state index contributed by atoms with van der Waals surface area (Å²) in [6.07, 6.45) is -3.52. The molecule has 1 saturated heterocycles. The van der Waals surface area contributed by atoms with Gasteiger partial charge >= 0.3 is 17.9 Å². The van der Waals surface area contributed by atoms with E-state index in [1.807, 2.05) is 0 Å². The highest BCUT2D eigenvalue weighted by Crippen LogP contribution is 2.28. The zero-order chi connectivity index (χ0) is 21.7. The molecule has 29 heavy (non-hydrogen) atoms. The quantitative estimate of drug-likeness (QED) is 0.422. The lowest BCUT2D eigenvalue weighted by atomic mass is 10.2. The number of hydrogen-bond donors (Lipinski definition) is 1. The van der Waals surface area contributed by atoms with Gasteiger partial charge < -0.3 is 24.7 Å². The maximum Gasteiger partial charge on any atom is 0.309 e. The van der Waals surface area contributed by atoms with Crippen molar-refractivity contribution in [2.45, 2.75) is 38.7 Å². The Labute approximate surface area is 162 Å². The van der Waals surface area contributed by atoms with Gasteiger partial charge in [0.15, 0.2) is 24.1 Å². The molecule has 2 N–H and O–H groups in total. The summed E-state index contributed by atoms with van der Waals surface area (Å²) in [7, 11) is 0. The molecule has 0 aromatic carbocycles. The summed E-state index contributed by atoms with van der Waals surface area (Å²) < 4.78 is 34.6. The topological polar surface area (TPSA) is 166 Å².